The third-order valence-electron chi connectivity index (χ3n) is 3.87. The molecule has 4 N–H and O–H groups in total. The fourth-order valence-corrected chi connectivity index (χ4v) is 3.18. The second-order valence-corrected chi connectivity index (χ2v) is 7.75. The second-order valence-electron chi connectivity index (χ2n) is 6.15. The molecule has 2 amide bonds. The first-order valence-electron chi connectivity index (χ1n) is 8.81. The van der Waals surface area contributed by atoms with Gasteiger partial charge in [-0.1, -0.05) is 64.7 Å². The number of nitrogens with two attached hydrogens (primary N) is 1. The number of rotatable bonds is 15. The Labute approximate surface area is 205 Å². The zero-order valence-electron chi connectivity index (χ0n) is 18.6. The maximum atomic E-state index is 11.7. The summed E-state index contributed by atoms with van der Waals surface area (Å²) in [5, 5.41) is 0.613. The van der Waals surface area contributed by atoms with Crippen LogP contribution in [0.15, 0.2) is 0 Å². The molecule has 0 aromatic carbocycles. The average Bonchev–Trinajstić information content (AvgIpc) is 2.48. The van der Waals surface area contributed by atoms with E-state index >= 15 is 0 Å². The number of hydrogen-bond donors (Lipinski definition) is 3. The summed E-state index contributed by atoms with van der Waals surface area (Å²) in [6, 6.07) is 0. The molecule has 0 heterocycles. The van der Waals surface area contributed by atoms with E-state index in [1.54, 1.807) is 0 Å². The van der Waals surface area contributed by atoms with Crippen molar-refractivity contribution in [2.75, 3.05) is 6.54 Å². The minimum Gasteiger partial charge on any atom is -1.00 e. The van der Waals surface area contributed by atoms with Crippen LogP contribution in [0.5, 0.6) is 0 Å². The quantitative estimate of drug-likeness (QED) is 0.145. The van der Waals surface area contributed by atoms with E-state index in [0.29, 0.717) is 6.54 Å². The number of carbonyl (C=O) groups excluding carboxylic acids is 2. The van der Waals surface area contributed by atoms with Gasteiger partial charge in [0.05, 0.1) is 6.42 Å². The van der Waals surface area contributed by atoms with Crippen molar-refractivity contribution < 1.29 is 84.5 Å². The first-order valence-corrected chi connectivity index (χ1v) is 10.3. The van der Waals surface area contributed by atoms with Gasteiger partial charge < -0.3 is 13.9 Å². The van der Waals surface area contributed by atoms with Gasteiger partial charge in [-0.2, -0.15) is 8.42 Å². The third-order valence-corrected chi connectivity index (χ3v) is 4.97. The Balaban J connectivity index is -0.000000441. The van der Waals surface area contributed by atoms with E-state index < -0.39 is 33.6 Å². The van der Waals surface area contributed by atoms with Gasteiger partial charge in [0.15, 0.2) is 5.25 Å². The molecule has 0 rings (SSSR count). The summed E-state index contributed by atoms with van der Waals surface area (Å²) in [5.41, 5.74) is 4.89. The molecule has 1 atom stereocenters. The van der Waals surface area contributed by atoms with E-state index in [4.69, 9.17) is 10.3 Å². The molecule has 0 saturated carbocycles. The molecule has 0 aliphatic carbocycles. The van der Waals surface area contributed by atoms with Gasteiger partial charge >= 0.3 is 59.1 Å². The van der Waals surface area contributed by atoms with Crippen molar-refractivity contribution in [1.29, 1.82) is 0 Å². The van der Waals surface area contributed by atoms with Crippen LogP contribution in [-0.2, 0) is 19.7 Å². The fraction of sp³-hybridized carbons (Fsp3) is 0.875. The Morgan fingerprint density at radius 2 is 1.38 bits per heavy atom. The number of primary amides is 1. The van der Waals surface area contributed by atoms with Crippen LogP contribution in [0.25, 0.3) is 0 Å². The van der Waals surface area contributed by atoms with Crippen LogP contribution in [0.4, 0.5) is 0 Å². The summed E-state index contributed by atoms with van der Waals surface area (Å²) in [5.74, 6) is -1.83. The first kappa shape index (κ1) is 31.5. The maximum absolute atomic E-state index is 11.7. The standard InChI is InChI=1S/C16H32N2O5S.2Na.2H/c1-2-3-4-5-6-7-8-9-10-11-12-18-16(20)14(13-15(17)19)24(21,22)23;;;;/h14H,2-13H2,1H3,(H2,17,19)(H,18,20)(H,21,22,23);;;;/q;2*+1;2*-1. The van der Waals surface area contributed by atoms with Crippen molar-refractivity contribution in [1.82, 2.24) is 5.32 Å². The Kier molecular flexibility index (Phi) is 23.3. The van der Waals surface area contributed by atoms with Gasteiger partial charge in [0, 0.05) is 6.54 Å². The van der Waals surface area contributed by atoms with Crippen molar-refractivity contribution in [3.05, 3.63) is 0 Å². The van der Waals surface area contributed by atoms with Crippen LogP contribution >= 0.6 is 0 Å². The predicted molar refractivity (Wildman–Crippen MR) is 96.2 cm³/mol. The summed E-state index contributed by atoms with van der Waals surface area (Å²) in [6.07, 6.45) is 10.8. The molecule has 0 aliphatic rings. The Hall–Kier alpha value is 0.850. The van der Waals surface area contributed by atoms with Crippen LogP contribution in [0.2, 0.25) is 0 Å². The fourth-order valence-electron chi connectivity index (χ4n) is 2.45. The molecule has 0 bridgehead atoms. The normalized spacial score (nSPS) is 11.8. The predicted octanol–water partition coefficient (Wildman–Crippen LogP) is -3.61. The summed E-state index contributed by atoms with van der Waals surface area (Å²) < 4.78 is 31.2. The molecule has 26 heavy (non-hydrogen) atoms. The molecule has 0 radical (unpaired) electrons. The minimum absolute atomic E-state index is 0. The minimum atomic E-state index is -4.64. The summed E-state index contributed by atoms with van der Waals surface area (Å²) in [7, 11) is -4.64. The van der Waals surface area contributed by atoms with E-state index in [9.17, 15) is 18.0 Å². The molecule has 146 valence electrons. The monoisotopic (exact) mass is 412 g/mol. The molecular weight excluding hydrogens is 378 g/mol. The van der Waals surface area contributed by atoms with E-state index in [2.05, 4.69) is 12.2 Å². The van der Waals surface area contributed by atoms with Crippen LogP contribution in [0.3, 0.4) is 0 Å². The van der Waals surface area contributed by atoms with E-state index in [1.807, 2.05) is 0 Å². The molecule has 0 fully saturated rings. The number of nitrogens with one attached hydrogen (secondary N) is 1. The van der Waals surface area contributed by atoms with Crippen molar-refractivity contribution in [2.45, 2.75) is 82.8 Å². The third kappa shape index (κ3) is 18.2. The molecule has 0 aromatic heterocycles. The van der Waals surface area contributed by atoms with Crippen molar-refractivity contribution in [3.8, 4) is 0 Å². The van der Waals surface area contributed by atoms with Gasteiger partial charge in [0.1, 0.15) is 0 Å². The average molecular weight is 413 g/mol. The summed E-state index contributed by atoms with van der Waals surface area (Å²) in [6.45, 7) is 2.52. The zero-order chi connectivity index (χ0) is 18.4. The molecule has 1 unspecified atom stereocenters. The topological polar surface area (TPSA) is 127 Å². The van der Waals surface area contributed by atoms with E-state index in [1.165, 1.54) is 38.5 Å². The van der Waals surface area contributed by atoms with Crippen LogP contribution in [-0.4, -0.2) is 36.6 Å². The Bertz CT molecular complexity index is 486. The molecule has 0 saturated heterocycles. The van der Waals surface area contributed by atoms with E-state index in [-0.39, 0.29) is 62.0 Å². The smallest absolute Gasteiger partial charge is 1.00 e. The number of carbonyl (C=O) groups is 2. The molecule has 0 spiro atoms. The van der Waals surface area contributed by atoms with Crippen molar-refractivity contribution in [2.24, 2.45) is 5.73 Å². The molecule has 10 heteroatoms. The van der Waals surface area contributed by atoms with Gasteiger partial charge in [-0.25, -0.2) is 0 Å². The SMILES string of the molecule is CCCCCCCCCCCCNC(=O)C(CC(N)=O)S(=O)(=O)O.[H-].[H-].[Na+].[Na+]. The second kappa shape index (κ2) is 19.2. The van der Waals surface area contributed by atoms with Crippen molar-refractivity contribution in [3.63, 3.8) is 0 Å². The number of unbranched alkanes of at least 4 members (excludes halogenated alkanes) is 9. The van der Waals surface area contributed by atoms with Gasteiger partial charge in [-0.15, -0.1) is 0 Å². The van der Waals surface area contributed by atoms with Crippen LogP contribution < -0.4 is 70.2 Å². The van der Waals surface area contributed by atoms with Crippen LogP contribution in [0, 0.1) is 0 Å². The molecular formula is C16H34N2Na2O5S. The van der Waals surface area contributed by atoms with E-state index in [0.717, 1.165) is 25.7 Å². The van der Waals surface area contributed by atoms with Crippen LogP contribution in [0.1, 0.15) is 80.4 Å². The van der Waals surface area contributed by atoms with Crippen molar-refractivity contribution >= 4 is 21.9 Å². The van der Waals surface area contributed by atoms with Gasteiger partial charge in [-0.05, 0) is 6.42 Å². The van der Waals surface area contributed by atoms with Gasteiger partial charge in [-0.3, -0.25) is 14.1 Å². The molecule has 0 aromatic rings. The molecule has 7 nitrogen and oxygen atoms in total. The number of hydrogen-bond acceptors (Lipinski definition) is 4. The Morgan fingerprint density at radius 3 is 1.77 bits per heavy atom. The van der Waals surface area contributed by atoms with Gasteiger partial charge in [0.25, 0.3) is 10.1 Å². The summed E-state index contributed by atoms with van der Waals surface area (Å²) in [4.78, 5) is 22.5. The largest absolute Gasteiger partial charge is 1.00 e. The summed E-state index contributed by atoms with van der Waals surface area (Å²) >= 11 is 0. The number of amides is 2. The molecule has 0 aliphatic heterocycles. The Morgan fingerprint density at radius 1 is 0.962 bits per heavy atom. The maximum Gasteiger partial charge on any atom is 1.00 e. The van der Waals surface area contributed by atoms with Gasteiger partial charge in [0.2, 0.25) is 11.8 Å². The zero-order valence-corrected chi connectivity index (χ0v) is 21.4. The first-order chi connectivity index (χ1) is 11.3.